The van der Waals surface area contributed by atoms with Gasteiger partial charge < -0.3 is 14.6 Å². The molecule has 2 aromatic carbocycles. The van der Waals surface area contributed by atoms with Crippen molar-refractivity contribution in [2.75, 3.05) is 12.4 Å². The number of ether oxygens (including phenoxy) is 2. The van der Waals surface area contributed by atoms with E-state index in [4.69, 9.17) is 4.74 Å². The Bertz CT molecular complexity index is 959. The van der Waals surface area contributed by atoms with Crippen LogP contribution >= 0.6 is 0 Å². The van der Waals surface area contributed by atoms with Crippen molar-refractivity contribution in [2.45, 2.75) is 18.8 Å². The van der Waals surface area contributed by atoms with Gasteiger partial charge in [-0.05, 0) is 29.4 Å². The molecule has 0 spiro atoms. The third-order valence-corrected chi connectivity index (χ3v) is 3.56. The summed E-state index contributed by atoms with van der Waals surface area (Å²) in [6, 6.07) is 3.53. The highest BCUT2D eigenvalue weighted by atomic mass is 19.4. The number of carbonyl (C=O) groups is 1. The highest BCUT2D eigenvalue weighted by molar-refractivity contribution is 5.86. The number of nitroso groups, excluding NO2 is 1. The molecule has 0 atom stereocenters. The van der Waals surface area contributed by atoms with Crippen LogP contribution in [0, 0.1) is 4.91 Å². The van der Waals surface area contributed by atoms with Gasteiger partial charge >= 0.3 is 18.4 Å². The second-order valence-corrected chi connectivity index (χ2v) is 5.76. The maximum atomic E-state index is 13.4. The average molecular weight is 438 g/mol. The molecule has 0 fully saturated rings. The number of aromatic hydroxyl groups is 1. The van der Waals surface area contributed by atoms with Gasteiger partial charge in [-0.1, -0.05) is 0 Å². The molecule has 0 saturated carbocycles. The summed E-state index contributed by atoms with van der Waals surface area (Å²) in [6.45, 7) is 0. The molecule has 0 aromatic heterocycles. The van der Waals surface area contributed by atoms with Crippen molar-refractivity contribution >= 4 is 17.5 Å². The lowest BCUT2D eigenvalue weighted by Gasteiger charge is -2.19. The van der Waals surface area contributed by atoms with Gasteiger partial charge in [0.15, 0.2) is 0 Å². The van der Waals surface area contributed by atoms with Crippen LogP contribution < -0.4 is 10.1 Å². The zero-order valence-electron chi connectivity index (χ0n) is 14.9. The van der Waals surface area contributed by atoms with Gasteiger partial charge in [0.1, 0.15) is 28.5 Å². The third kappa shape index (κ3) is 5.75. The number of amides is 1. The molecule has 7 nitrogen and oxygen atoms in total. The fraction of sp³-hybridized carbons (Fsp3) is 0.235. The minimum Gasteiger partial charge on any atom is -0.506 e. The maximum absolute atomic E-state index is 13.4. The summed E-state index contributed by atoms with van der Waals surface area (Å²) >= 11 is 0. The number of anilines is 1. The van der Waals surface area contributed by atoms with Gasteiger partial charge in [-0.2, -0.15) is 26.3 Å². The molecule has 2 aromatic rings. The first-order chi connectivity index (χ1) is 13.8. The van der Waals surface area contributed by atoms with Crippen molar-refractivity contribution in [3.05, 3.63) is 46.4 Å². The van der Waals surface area contributed by atoms with Crippen LogP contribution in [-0.4, -0.2) is 24.5 Å². The van der Waals surface area contributed by atoms with Crippen LogP contribution in [0.3, 0.4) is 0 Å². The van der Waals surface area contributed by atoms with E-state index in [1.165, 1.54) is 0 Å². The number of hydrogen-bond donors (Lipinski definition) is 2. The van der Waals surface area contributed by atoms with E-state index in [9.17, 15) is 41.2 Å². The molecule has 0 aliphatic carbocycles. The second-order valence-electron chi connectivity index (χ2n) is 5.76. The molecule has 0 unspecified atom stereocenters. The number of methoxy groups -OCH3 is 1. The molecule has 2 N–H and O–H groups in total. The van der Waals surface area contributed by atoms with Crippen molar-refractivity contribution in [2.24, 2.45) is 5.18 Å². The SMILES string of the molecule is COC(=O)Nc1cc(Oc2c(CC(F)(F)F)cc(N=O)cc2C(F)(F)F)ccc1O. The van der Waals surface area contributed by atoms with Crippen LogP contribution in [0.15, 0.2) is 35.5 Å². The molecule has 30 heavy (non-hydrogen) atoms. The Hall–Kier alpha value is -3.51. The number of phenols is 1. The normalized spacial score (nSPS) is 11.7. The van der Waals surface area contributed by atoms with Gasteiger partial charge in [0.2, 0.25) is 0 Å². The topological polar surface area (TPSA) is 97.2 Å². The first kappa shape index (κ1) is 22.8. The van der Waals surface area contributed by atoms with E-state index in [1.54, 1.807) is 0 Å². The van der Waals surface area contributed by atoms with E-state index in [0.717, 1.165) is 25.3 Å². The maximum Gasteiger partial charge on any atom is 0.420 e. The number of halogens is 6. The summed E-state index contributed by atoms with van der Waals surface area (Å²) in [5, 5.41) is 14.0. The summed E-state index contributed by atoms with van der Waals surface area (Å²) in [4.78, 5) is 21.9. The molecule has 0 heterocycles. The van der Waals surface area contributed by atoms with Gasteiger partial charge in [0, 0.05) is 11.6 Å². The standard InChI is InChI=1S/C17H12F6N2O5/c1-29-15(27)24-12-6-10(2-3-13(12)26)30-14-8(7-16(18,19)20)4-9(25-28)5-11(14)17(21,22)23/h2-6,26H,7H2,1H3,(H,24,27). The summed E-state index contributed by atoms with van der Waals surface area (Å²) in [6.07, 6.45) is -13.0. The number of hydrogen-bond acceptors (Lipinski definition) is 6. The number of rotatable bonds is 5. The molecule has 1 amide bonds. The largest absolute Gasteiger partial charge is 0.506 e. The second kappa shape index (κ2) is 8.47. The van der Waals surface area contributed by atoms with E-state index in [2.05, 4.69) is 15.2 Å². The van der Waals surface area contributed by atoms with E-state index < -0.39 is 58.9 Å². The van der Waals surface area contributed by atoms with E-state index >= 15 is 0 Å². The monoisotopic (exact) mass is 438 g/mol. The summed E-state index contributed by atoms with van der Waals surface area (Å²) in [5.74, 6) is -2.17. The van der Waals surface area contributed by atoms with E-state index in [1.807, 2.05) is 0 Å². The van der Waals surface area contributed by atoms with Gasteiger partial charge in [-0.25, -0.2) is 4.79 Å². The lowest BCUT2D eigenvalue weighted by atomic mass is 10.0. The Balaban J connectivity index is 2.60. The Morgan fingerprint density at radius 2 is 1.80 bits per heavy atom. The van der Waals surface area contributed by atoms with Crippen molar-refractivity contribution in [1.29, 1.82) is 0 Å². The highest BCUT2D eigenvalue weighted by Gasteiger charge is 2.39. The zero-order valence-corrected chi connectivity index (χ0v) is 14.9. The van der Waals surface area contributed by atoms with Crippen LogP contribution in [0.5, 0.6) is 17.2 Å². The first-order valence-electron chi connectivity index (χ1n) is 7.84. The van der Waals surface area contributed by atoms with Crippen molar-refractivity contribution in [3.63, 3.8) is 0 Å². The number of nitrogens with zero attached hydrogens (tertiary/aromatic N) is 1. The Morgan fingerprint density at radius 3 is 2.33 bits per heavy atom. The molecular weight excluding hydrogens is 426 g/mol. The minimum absolute atomic E-state index is 0.246. The fourth-order valence-electron chi connectivity index (χ4n) is 2.36. The van der Waals surface area contributed by atoms with Crippen LogP contribution in [0.25, 0.3) is 0 Å². The quantitative estimate of drug-likeness (QED) is 0.345. The summed E-state index contributed by atoms with van der Waals surface area (Å²) in [7, 11) is 1.01. The lowest BCUT2D eigenvalue weighted by molar-refractivity contribution is -0.139. The number of phenolic OH excluding ortho intramolecular Hbond substituents is 1. The average Bonchev–Trinajstić information content (AvgIpc) is 2.63. The molecule has 162 valence electrons. The van der Waals surface area contributed by atoms with Crippen molar-refractivity contribution < 1.29 is 45.7 Å². The van der Waals surface area contributed by atoms with Crippen LogP contribution in [0.1, 0.15) is 11.1 Å². The third-order valence-electron chi connectivity index (χ3n) is 3.56. The Kier molecular flexibility index (Phi) is 6.43. The number of carbonyl (C=O) groups excluding carboxylic acids is 1. The number of nitrogens with one attached hydrogen (secondary N) is 1. The van der Waals surface area contributed by atoms with E-state index in [0.29, 0.717) is 6.07 Å². The van der Waals surface area contributed by atoms with Gasteiger partial charge in [-0.3, -0.25) is 5.32 Å². The molecule has 13 heteroatoms. The van der Waals surface area contributed by atoms with Crippen molar-refractivity contribution in [1.82, 2.24) is 0 Å². The molecule has 0 bridgehead atoms. The zero-order chi connectivity index (χ0) is 22.7. The molecule has 0 saturated heterocycles. The molecule has 0 aliphatic heterocycles. The Morgan fingerprint density at radius 1 is 1.13 bits per heavy atom. The molecular formula is C17H12F6N2O5. The van der Waals surface area contributed by atoms with E-state index in [-0.39, 0.29) is 11.8 Å². The van der Waals surface area contributed by atoms with Gasteiger partial charge in [-0.15, -0.1) is 4.91 Å². The summed E-state index contributed by atoms with van der Waals surface area (Å²) < 4.78 is 88.3. The fourth-order valence-corrected chi connectivity index (χ4v) is 2.36. The number of alkyl halides is 6. The van der Waals surface area contributed by atoms with Crippen molar-refractivity contribution in [3.8, 4) is 17.2 Å². The molecule has 2 rings (SSSR count). The smallest absolute Gasteiger partial charge is 0.420 e. The Labute approximate surface area is 164 Å². The summed E-state index contributed by atoms with van der Waals surface area (Å²) in [5.41, 5.74) is -3.85. The highest BCUT2D eigenvalue weighted by Crippen LogP contribution is 2.45. The van der Waals surface area contributed by atoms with Gasteiger partial charge in [0.05, 0.1) is 19.2 Å². The molecule has 0 aliphatic rings. The van der Waals surface area contributed by atoms with Crippen LogP contribution in [0.4, 0.5) is 42.5 Å². The van der Waals surface area contributed by atoms with Gasteiger partial charge in [0.25, 0.3) is 0 Å². The lowest BCUT2D eigenvalue weighted by Crippen LogP contribution is -2.15. The minimum atomic E-state index is -5.18. The number of benzene rings is 2. The van der Waals surface area contributed by atoms with Crippen LogP contribution in [0.2, 0.25) is 0 Å². The van der Waals surface area contributed by atoms with Crippen LogP contribution in [-0.2, 0) is 17.3 Å². The molecule has 0 radical (unpaired) electrons. The predicted molar refractivity (Wildman–Crippen MR) is 90.9 cm³/mol. The predicted octanol–water partition coefficient (Wildman–Crippen LogP) is 5.88. The first-order valence-corrected chi connectivity index (χ1v) is 7.84.